The number of hydrogen-bond donors (Lipinski definition) is 1. The number of ether oxygens (including phenoxy) is 3. The molecule has 55 heavy (non-hydrogen) atoms. The minimum absolute atomic E-state index is 0.304. The number of esters is 1. The number of rotatable bonds is 11. The minimum Gasteiger partial charge on any atom is -0.489 e. The van der Waals surface area contributed by atoms with Crippen LogP contribution in [0.25, 0.3) is 32.9 Å². The van der Waals surface area contributed by atoms with Gasteiger partial charge in [-0.25, -0.2) is 18.8 Å². The molecule has 0 radical (unpaired) electrons. The normalized spacial score (nSPS) is 10.9. The number of aryl methyl sites for hydroxylation is 2. The first-order chi connectivity index (χ1) is 26.8. The van der Waals surface area contributed by atoms with Crippen molar-refractivity contribution in [3.63, 3.8) is 0 Å². The summed E-state index contributed by atoms with van der Waals surface area (Å²) >= 11 is 6.42. The van der Waals surface area contributed by atoms with Gasteiger partial charge < -0.3 is 19.9 Å². The van der Waals surface area contributed by atoms with E-state index in [9.17, 15) is 4.79 Å². The van der Waals surface area contributed by atoms with Crippen LogP contribution >= 0.6 is 23.6 Å². The number of aromatic nitrogens is 5. The van der Waals surface area contributed by atoms with Crippen LogP contribution in [0.15, 0.2) is 128 Å². The Kier molecular flexibility index (Phi) is 11.3. The van der Waals surface area contributed by atoms with Crippen LogP contribution < -0.4 is 15.2 Å². The zero-order chi connectivity index (χ0) is 38.3. The van der Waals surface area contributed by atoms with Crippen LogP contribution in [0.4, 0.5) is 0 Å². The Morgan fingerprint density at radius 3 is 1.84 bits per heavy atom. The Labute approximate surface area is 327 Å². The fraction of sp³-hybridized carbons (Fsp3) is 0.140. The van der Waals surface area contributed by atoms with Gasteiger partial charge in [0.1, 0.15) is 39.6 Å². The average Bonchev–Trinajstić information content (AvgIpc) is 3.89. The molecule has 0 fully saturated rings. The van der Waals surface area contributed by atoms with Gasteiger partial charge in [-0.15, -0.1) is 11.3 Å². The molecule has 0 saturated heterocycles. The van der Waals surface area contributed by atoms with Gasteiger partial charge in [0.05, 0.1) is 45.8 Å². The van der Waals surface area contributed by atoms with Crippen LogP contribution in [-0.2, 0) is 18.0 Å². The van der Waals surface area contributed by atoms with Crippen molar-refractivity contribution in [2.75, 3.05) is 6.61 Å². The summed E-state index contributed by atoms with van der Waals surface area (Å²) in [5.74, 6) is 1.14. The van der Waals surface area contributed by atoms with E-state index in [1.807, 2.05) is 146 Å². The van der Waals surface area contributed by atoms with Gasteiger partial charge in [-0.05, 0) is 44.0 Å². The third-order valence-electron chi connectivity index (χ3n) is 8.66. The highest BCUT2D eigenvalue weighted by Gasteiger charge is 2.24. The number of thiocarbonyl (C=S) groups is 1. The van der Waals surface area contributed by atoms with E-state index < -0.39 is 0 Å². The van der Waals surface area contributed by atoms with Gasteiger partial charge >= 0.3 is 5.97 Å². The van der Waals surface area contributed by atoms with E-state index in [-0.39, 0.29) is 5.97 Å². The second kappa shape index (κ2) is 16.8. The molecule has 5 aromatic heterocycles. The molecule has 0 amide bonds. The van der Waals surface area contributed by atoms with Crippen LogP contribution in [0.2, 0.25) is 0 Å². The van der Waals surface area contributed by atoms with Crippen molar-refractivity contribution in [1.82, 2.24) is 24.2 Å². The van der Waals surface area contributed by atoms with E-state index in [0.29, 0.717) is 35.4 Å². The highest BCUT2D eigenvalue weighted by atomic mass is 32.1. The average molecular weight is 767 g/mol. The monoisotopic (exact) mass is 766 g/mol. The SMILES string of the molecule is CCOC(=O)c1sc(-c2c(C)nn3ccc(OCc4ccccc4)cc23)nc1-c1ccccc1.Cc1nn2ccc(OCc3ccccc3)cc2c1C(N)=S. The van der Waals surface area contributed by atoms with E-state index in [0.717, 1.165) is 66.7 Å². The van der Waals surface area contributed by atoms with Crippen molar-refractivity contribution in [2.45, 2.75) is 34.0 Å². The smallest absolute Gasteiger partial charge is 0.350 e. The molecule has 0 spiro atoms. The molecule has 0 saturated carbocycles. The van der Waals surface area contributed by atoms with E-state index in [2.05, 4.69) is 10.2 Å². The Morgan fingerprint density at radius 1 is 0.745 bits per heavy atom. The van der Waals surface area contributed by atoms with Crippen molar-refractivity contribution in [1.29, 1.82) is 0 Å². The summed E-state index contributed by atoms with van der Waals surface area (Å²) in [7, 11) is 0. The minimum atomic E-state index is -0.369. The summed E-state index contributed by atoms with van der Waals surface area (Å²) in [6.07, 6.45) is 3.73. The Bertz CT molecular complexity index is 2580. The largest absolute Gasteiger partial charge is 0.489 e. The zero-order valence-corrected chi connectivity index (χ0v) is 32.1. The van der Waals surface area contributed by atoms with Crippen LogP contribution in [-0.4, -0.2) is 41.8 Å². The van der Waals surface area contributed by atoms with Crippen LogP contribution in [0.1, 0.15) is 44.7 Å². The third-order valence-corrected chi connectivity index (χ3v) is 9.91. The lowest BCUT2D eigenvalue weighted by Gasteiger charge is -2.07. The van der Waals surface area contributed by atoms with Gasteiger partial charge in [0, 0.05) is 30.1 Å². The van der Waals surface area contributed by atoms with Crippen LogP contribution in [0.5, 0.6) is 11.5 Å². The Morgan fingerprint density at radius 2 is 1.27 bits per heavy atom. The molecule has 8 rings (SSSR count). The highest BCUT2D eigenvalue weighted by Crippen LogP contribution is 2.38. The summed E-state index contributed by atoms with van der Waals surface area (Å²) in [5, 5.41) is 9.76. The molecule has 3 aromatic carbocycles. The molecule has 0 atom stereocenters. The summed E-state index contributed by atoms with van der Waals surface area (Å²) in [5.41, 5.74) is 14.5. The predicted molar refractivity (Wildman–Crippen MR) is 220 cm³/mol. The number of fused-ring (bicyclic) bond motifs is 2. The van der Waals surface area contributed by atoms with E-state index in [1.165, 1.54) is 11.3 Å². The number of carbonyl (C=O) groups is 1. The summed E-state index contributed by atoms with van der Waals surface area (Å²) in [6.45, 7) is 6.94. The number of thiazole rings is 1. The number of carbonyl (C=O) groups excluding carboxylic acids is 1. The van der Waals surface area contributed by atoms with Gasteiger partial charge in [-0.1, -0.05) is 103 Å². The highest BCUT2D eigenvalue weighted by molar-refractivity contribution is 7.80. The molecule has 276 valence electrons. The fourth-order valence-corrected chi connectivity index (χ4v) is 7.41. The Hall–Kier alpha value is -6.37. The molecular formula is C43H38N6O4S2. The Balaban J connectivity index is 0.000000190. The number of hydrogen-bond acceptors (Lipinski definition) is 9. The summed E-state index contributed by atoms with van der Waals surface area (Å²) < 4.78 is 20.8. The van der Waals surface area contributed by atoms with Gasteiger partial charge in [-0.3, -0.25) is 0 Å². The lowest BCUT2D eigenvalue weighted by molar-refractivity contribution is 0.0532. The van der Waals surface area contributed by atoms with Crippen molar-refractivity contribution in [3.8, 4) is 33.3 Å². The number of benzene rings is 3. The molecule has 0 unspecified atom stereocenters. The van der Waals surface area contributed by atoms with E-state index in [1.54, 1.807) is 11.4 Å². The first-order valence-corrected chi connectivity index (χ1v) is 18.9. The molecule has 0 aliphatic heterocycles. The maximum Gasteiger partial charge on any atom is 0.350 e. The topological polar surface area (TPSA) is 118 Å². The molecule has 0 aliphatic carbocycles. The molecular weight excluding hydrogens is 729 g/mol. The standard InChI is InChI=1S/C27H23N3O3S.C16H15N3OS/c1-3-32-27(31)25-24(20-12-8-5-9-13-20)28-26(34-25)23-18(2)29-30-15-14-21(16-22(23)30)33-17-19-10-6-4-7-11-19;1-11-15(16(17)21)14-9-13(7-8-19(14)18-11)20-10-12-5-3-2-4-6-12/h4-16H,3,17H2,1-2H3;2-9H,10H2,1H3,(H2,17,21). The number of nitrogens with two attached hydrogens (primary N) is 1. The number of pyridine rings is 2. The van der Waals surface area contributed by atoms with Crippen molar-refractivity contribution in [3.05, 3.63) is 161 Å². The summed E-state index contributed by atoms with van der Waals surface area (Å²) in [6, 6.07) is 37.4. The molecule has 10 nitrogen and oxygen atoms in total. The van der Waals surface area contributed by atoms with Crippen LogP contribution in [0.3, 0.4) is 0 Å². The number of nitrogens with zero attached hydrogens (tertiary/aromatic N) is 5. The van der Waals surface area contributed by atoms with Crippen LogP contribution in [0, 0.1) is 13.8 Å². The maximum absolute atomic E-state index is 12.8. The lowest BCUT2D eigenvalue weighted by atomic mass is 10.1. The summed E-state index contributed by atoms with van der Waals surface area (Å²) in [4.78, 5) is 18.5. The predicted octanol–water partition coefficient (Wildman–Crippen LogP) is 9.04. The second-order valence-corrected chi connectivity index (χ2v) is 13.9. The molecule has 8 aromatic rings. The lowest BCUT2D eigenvalue weighted by Crippen LogP contribution is -2.10. The van der Waals surface area contributed by atoms with Gasteiger partial charge in [0.2, 0.25) is 0 Å². The second-order valence-electron chi connectivity index (χ2n) is 12.5. The first-order valence-electron chi connectivity index (χ1n) is 17.6. The van der Waals surface area contributed by atoms with E-state index >= 15 is 0 Å². The van der Waals surface area contributed by atoms with E-state index in [4.69, 9.17) is 37.1 Å². The molecule has 0 bridgehead atoms. The van der Waals surface area contributed by atoms with Crippen molar-refractivity contribution in [2.24, 2.45) is 5.73 Å². The first kappa shape index (κ1) is 37.0. The molecule has 5 heterocycles. The van der Waals surface area contributed by atoms with Crippen molar-refractivity contribution >= 4 is 45.5 Å². The van der Waals surface area contributed by atoms with Crippen molar-refractivity contribution < 1.29 is 19.0 Å². The zero-order valence-electron chi connectivity index (χ0n) is 30.5. The van der Waals surface area contributed by atoms with Gasteiger partial charge in [0.25, 0.3) is 0 Å². The van der Waals surface area contributed by atoms with Gasteiger partial charge in [-0.2, -0.15) is 10.2 Å². The van der Waals surface area contributed by atoms with Gasteiger partial charge in [0.15, 0.2) is 0 Å². The third kappa shape index (κ3) is 8.40. The fourth-order valence-electron chi connectivity index (χ4n) is 6.07. The quantitative estimate of drug-likeness (QED) is 0.102. The maximum atomic E-state index is 12.8. The molecule has 12 heteroatoms. The molecule has 0 aliphatic rings. The molecule has 2 N–H and O–H groups in total.